The number of fused-ring (bicyclic) bond motifs is 1. The van der Waals surface area contributed by atoms with Crippen LogP contribution in [0.2, 0.25) is 0 Å². The third-order valence-electron chi connectivity index (χ3n) is 7.50. The van der Waals surface area contributed by atoms with Crippen LogP contribution >= 0.6 is 0 Å². The number of aromatic amines is 1. The summed E-state index contributed by atoms with van der Waals surface area (Å²) in [7, 11) is 0. The normalized spacial score (nSPS) is 20.1. The number of piperidine rings is 1. The van der Waals surface area contributed by atoms with Crippen molar-refractivity contribution in [3.8, 4) is 0 Å². The zero-order valence-electron chi connectivity index (χ0n) is 19.5. The van der Waals surface area contributed by atoms with Gasteiger partial charge in [0, 0.05) is 16.5 Å². The molecule has 170 valence electrons. The highest BCUT2D eigenvalue weighted by molar-refractivity contribution is 5.83. The van der Waals surface area contributed by atoms with E-state index in [-0.39, 0.29) is 11.6 Å². The van der Waals surface area contributed by atoms with E-state index in [1.165, 1.54) is 24.8 Å². The van der Waals surface area contributed by atoms with Crippen molar-refractivity contribution in [3.63, 3.8) is 0 Å². The maximum Gasteiger partial charge on any atom is 0.253 e. The first-order chi connectivity index (χ1) is 15.5. The summed E-state index contributed by atoms with van der Waals surface area (Å²) in [5, 5.41) is 14.2. The predicted octanol–water partition coefficient (Wildman–Crippen LogP) is 4.46. The molecule has 0 amide bonds. The molecule has 2 aliphatic rings. The fourth-order valence-electron chi connectivity index (χ4n) is 5.64. The molecule has 3 heterocycles. The summed E-state index contributed by atoms with van der Waals surface area (Å²) in [4.78, 5) is 19.0. The van der Waals surface area contributed by atoms with Gasteiger partial charge in [-0.1, -0.05) is 32.3 Å². The number of pyridine rings is 1. The predicted molar refractivity (Wildman–Crippen MR) is 126 cm³/mol. The second-order valence-electron chi connectivity index (χ2n) is 9.99. The van der Waals surface area contributed by atoms with E-state index in [2.05, 4.69) is 64.4 Å². The molecule has 2 aromatic heterocycles. The van der Waals surface area contributed by atoms with E-state index in [0.717, 1.165) is 66.6 Å². The Kier molecular flexibility index (Phi) is 5.84. The van der Waals surface area contributed by atoms with Gasteiger partial charge in [0.1, 0.15) is 6.04 Å². The first-order valence-corrected chi connectivity index (χ1v) is 12.2. The van der Waals surface area contributed by atoms with Crippen LogP contribution in [0.25, 0.3) is 10.9 Å². The van der Waals surface area contributed by atoms with Gasteiger partial charge in [0.05, 0.1) is 6.04 Å². The van der Waals surface area contributed by atoms with Gasteiger partial charge in [-0.15, -0.1) is 5.10 Å². The number of H-pyrrole nitrogens is 1. The van der Waals surface area contributed by atoms with Crippen molar-refractivity contribution in [3.05, 3.63) is 51.1 Å². The summed E-state index contributed by atoms with van der Waals surface area (Å²) in [6.07, 6.45) is 8.18. The molecule has 2 fully saturated rings. The van der Waals surface area contributed by atoms with Gasteiger partial charge in [-0.3, -0.25) is 9.69 Å². The summed E-state index contributed by atoms with van der Waals surface area (Å²) in [5.74, 6) is 1.53. The molecular weight excluding hydrogens is 400 g/mol. The zero-order chi connectivity index (χ0) is 22.2. The van der Waals surface area contributed by atoms with Crippen LogP contribution in [0.15, 0.2) is 23.0 Å². The molecule has 1 aliphatic heterocycles. The Balaban J connectivity index is 1.64. The van der Waals surface area contributed by atoms with Gasteiger partial charge in [-0.05, 0) is 92.2 Å². The molecule has 0 spiro atoms. The number of nitrogens with one attached hydrogen (secondary N) is 1. The molecule has 1 N–H and O–H groups in total. The van der Waals surface area contributed by atoms with Crippen molar-refractivity contribution in [1.29, 1.82) is 0 Å². The van der Waals surface area contributed by atoms with Gasteiger partial charge in [0.2, 0.25) is 0 Å². The number of benzene rings is 1. The van der Waals surface area contributed by atoms with Gasteiger partial charge in [0.25, 0.3) is 5.56 Å². The number of nitrogens with zero attached hydrogens (tertiary/aromatic N) is 5. The van der Waals surface area contributed by atoms with E-state index < -0.39 is 0 Å². The molecule has 7 nitrogen and oxygen atoms in total. The number of tetrazole rings is 1. The lowest BCUT2D eigenvalue weighted by molar-refractivity contribution is 0.146. The molecule has 1 aliphatic carbocycles. The molecule has 1 saturated heterocycles. The minimum atomic E-state index is -0.228. The summed E-state index contributed by atoms with van der Waals surface area (Å²) >= 11 is 0. The van der Waals surface area contributed by atoms with Gasteiger partial charge < -0.3 is 4.98 Å². The molecule has 7 heteroatoms. The Bertz CT molecular complexity index is 1150. The van der Waals surface area contributed by atoms with E-state index in [4.69, 9.17) is 0 Å². The summed E-state index contributed by atoms with van der Waals surface area (Å²) in [6, 6.07) is 6.41. The van der Waals surface area contributed by atoms with Gasteiger partial charge in [-0.2, -0.15) is 0 Å². The van der Waals surface area contributed by atoms with Gasteiger partial charge >= 0.3 is 0 Å². The lowest BCUT2D eigenvalue weighted by Crippen LogP contribution is -2.40. The smallest absolute Gasteiger partial charge is 0.253 e. The summed E-state index contributed by atoms with van der Waals surface area (Å²) < 4.78 is 2.04. The number of hydrogen-bond acceptors (Lipinski definition) is 5. The molecule has 1 atom stereocenters. The van der Waals surface area contributed by atoms with Gasteiger partial charge in [0.15, 0.2) is 5.82 Å². The number of aromatic nitrogens is 5. The molecule has 1 saturated carbocycles. The Hall–Kier alpha value is -2.54. The van der Waals surface area contributed by atoms with E-state index in [1.54, 1.807) is 0 Å². The molecule has 32 heavy (non-hydrogen) atoms. The van der Waals surface area contributed by atoms with Crippen molar-refractivity contribution in [2.24, 2.45) is 5.92 Å². The first-order valence-electron chi connectivity index (χ1n) is 12.2. The average Bonchev–Trinajstić information content (AvgIpc) is 3.26. The van der Waals surface area contributed by atoms with E-state index in [9.17, 15) is 4.79 Å². The average molecular weight is 435 g/mol. The number of hydrogen-bond donors (Lipinski definition) is 1. The SMILES string of the molecule is Cc1cc(C)c2cc(C(c3nnnn3C3CCCCC3)N3CCC(C)CC3)c(=O)[nH]c2c1. The Morgan fingerprint density at radius 1 is 1.03 bits per heavy atom. The van der Waals surface area contributed by atoms with E-state index in [0.29, 0.717) is 12.0 Å². The minimum absolute atomic E-state index is 0.0377. The van der Waals surface area contributed by atoms with Crippen molar-refractivity contribution >= 4 is 10.9 Å². The third-order valence-corrected chi connectivity index (χ3v) is 7.50. The largest absolute Gasteiger partial charge is 0.322 e. The van der Waals surface area contributed by atoms with Crippen LogP contribution in [0.5, 0.6) is 0 Å². The fraction of sp³-hybridized carbons (Fsp3) is 0.600. The van der Waals surface area contributed by atoms with Crippen LogP contribution in [0, 0.1) is 19.8 Å². The second-order valence-corrected chi connectivity index (χ2v) is 9.99. The van der Waals surface area contributed by atoms with Crippen molar-refractivity contribution in [2.45, 2.75) is 77.8 Å². The maximum atomic E-state index is 13.4. The molecule has 5 rings (SSSR count). The van der Waals surface area contributed by atoms with Crippen molar-refractivity contribution in [1.82, 2.24) is 30.1 Å². The Labute approximate surface area is 189 Å². The highest BCUT2D eigenvalue weighted by atomic mass is 16.1. The zero-order valence-corrected chi connectivity index (χ0v) is 19.5. The monoisotopic (exact) mass is 434 g/mol. The molecule has 0 radical (unpaired) electrons. The fourth-order valence-corrected chi connectivity index (χ4v) is 5.64. The lowest BCUT2D eigenvalue weighted by atomic mass is 9.93. The van der Waals surface area contributed by atoms with Gasteiger partial charge in [-0.25, -0.2) is 4.68 Å². The van der Waals surface area contributed by atoms with Crippen molar-refractivity contribution < 1.29 is 0 Å². The molecule has 3 aromatic rings. The topological polar surface area (TPSA) is 79.7 Å². The highest BCUT2D eigenvalue weighted by Crippen LogP contribution is 2.35. The number of likely N-dealkylation sites (tertiary alicyclic amines) is 1. The van der Waals surface area contributed by atoms with Crippen LogP contribution in [-0.4, -0.2) is 43.2 Å². The van der Waals surface area contributed by atoms with Crippen LogP contribution in [0.4, 0.5) is 0 Å². The highest BCUT2D eigenvalue weighted by Gasteiger charge is 2.34. The van der Waals surface area contributed by atoms with E-state index >= 15 is 0 Å². The minimum Gasteiger partial charge on any atom is -0.322 e. The molecule has 1 aromatic carbocycles. The molecule has 1 unspecified atom stereocenters. The standard InChI is InChI=1S/C25H34N6O/c1-16-9-11-30(12-10-16)23(24-27-28-29-31(24)19-7-5-4-6-8-19)21-15-20-18(3)13-17(2)14-22(20)26-25(21)32/h13-16,19,23H,4-12H2,1-3H3,(H,26,32). The maximum absolute atomic E-state index is 13.4. The Morgan fingerprint density at radius 2 is 1.78 bits per heavy atom. The quantitative estimate of drug-likeness (QED) is 0.656. The summed E-state index contributed by atoms with van der Waals surface area (Å²) in [6.45, 7) is 8.39. The van der Waals surface area contributed by atoms with Crippen molar-refractivity contribution in [2.75, 3.05) is 13.1 Å². The number of rotatable bonds is 4. The lowest BCUT2D eigenvalue weighted by Gasteiger charge is -2.36. The summed E-state index contributed by atoms with van der Waals surface area (Å²) in [5.41, 5.74) is 3.95. The van der Waals surface area contributed by atoms with E-state index in [1.807, 2.05) is 4.68 Å². The molecular formula is C25H34N6O. The molecule has 0 bridgehead atoms. The van der Waals surface area contributed by atoms with Crippen LogP contribution in [0.3, 0.4) is 0 Å². The second kappa shape index (κ2) is 8.77. The number of aryl methyl sites for hydroxylation is 2. The Morgan fingerprint density at radius 3 is 2.53 bits per heavy atom. The van der Waals surface area contributed by atoms with Crippen LogP contribution in [0.1, 0.15) is 86.5 Å². The third kappa shape index (κ3) is 3.98. The van der Waals surface area contributed by atoms with Crippen LogP contribution in [-0.2, 0) is 0 Å². The first kappa shape index (κ1) is 21.3. The van der Waals surface area contributed by atoms with Crippen LogP contribution < -0.4 is 5.56 Å².